The van der Waals surface area contributed by atoms with E-state index < -0.39 is 11.4 Å². The summed E-state index contributed by atoms with van der Waals surface area (Å²) in [6.45, 7) is 0. The molecule has 0 aromatic carbocycles. The maximum absolute atomic E-state index is 13.2. The predicted molar refractivity (Wildman–Crippen MR) is 75.7 cm³/mol. The second kappa shape index (κ2) is 5.45. The summed E-state index contributed by atoms with van der Waals surface area (Å²) in [6.07, 6.45) is 7.98. The average molecular weight is 273 g/mol. The number of rotatable bonds is 3. The summed E-state index contributed by atoms with van der Waals surface area (Å²) < 4.78 is 14.5. The highest BCUT2D eigenvalue weighted by atomic mass is 19.1. The number of aromatic nitrogens is 2. The Hall–Kier alpha value is -2.17. The quantitative estimate of drug-likeness (QED) is 0.935. The van der Waals surface area contributed by atoms with Crippen LogP contribution in [0.15, 0.2) is 41.5 Å². The van der Waals surface area contributed by atoms with Crippen molar-refractivity contribution in [3.8, 4) is 5.69 Å². The first-order valence-corrected chi connectivity index (χ1v) is 6.84. The van der Waals surface area contributed by atoms with Gasteiger partial charge < -0.3 is 5.32 Å². The van der Waals surface area contributed by atoms with Gasteiger partial charge in [0.05, 0.1) is 11.9 Å². The van der Waals surface area contributed by atoms with Gasteiger partial charge in [0.1, 0.15) is 5.82 Å². The van der Waals surface area contributed by atoms with Crippen LogP contribution in [0.4, 0.5) is 10.2 Å². The van der Waals surface area contributed by atoms with Crippen LogP contribution >= 0.6 is 0 Å². The lowest BCUT2D eigenvalue weighted by atomic mass is 10.2. The van der Waals surface area contributed by atoms with Crippen molar-refractivity contribution in [3.63, 3.8) is 0 Å². The topological polar surface area (TPSA) is 46.9 Å². The molecule has 2 heterocycles. The van der Waals surface area contributed by atoms with E-state index in [9.17, 15) is 9.18 Å². The third-order valence-electron chi connectivity index (χ3n) is 3.63. The standard InChI is InChI=1S/C15H16FN3O/c16-13-6-3-9-19(15(13)20)12-7-8-14(17-10-12)18-11-4-1-2-5-11/h3,6-11H,1-2,4-5H2,(H,17,18). The number of nitrogens with zero attached hydrogens (tertiary/aromatic N) is 2. The molecule has 0 spiro atoms. The van der Waals surface area contributed by atoms with Crippen LogP contribution in [0.5, 0.6) is 0 Å². The molecule has 0 saturated heterocycles. The van der Waals surface area contributed by atoms with E-state index in [1.54, 1.807) is 12.3 Å². The Morgan fingerprint density at radius 3 is 2.75 bits per heavy atom. The van der Waals surface area contributed by atoms with E-state index in [-0.39, 0.29) is 0 Å². The molecule has 0 atom stereocenters. The Balaban J connectivity index is 1.82. The Morgan fingerprint density at radius 2 is 2.05 bits per heavy atom. The minimum atomic E-state index is -0.763. The third-order valence-corrected chi connectivity index (χ3v) is 3.63. The van der Waals surface area contributed by atoms with E-state index in [1.807, 2.05) is 6.07 Å². The van der Waals surface area contributed by atoms with Crippen molar-refractivity contribution >= 4 is 5.82 Å². The highest BCUT2D eigenvalue weighted by molar-refractivity contribution is 5.41. The van der Waals surface area contributed by atoms with Gasteiger partial charge in [-0.1, -0.05) is 12.8 Å². The molecule has 3 rings (SSSR count). The molecular formula is C15H16FN3O. The van der Waals surface area contributed by atoms with Crippen molar-refractivity contribution in [2.45, 2.75) is 31.7 Å². The lowest BCUT2D eigenvalue weighted by Gasteiger charge is -2.13. The molecule has 4 nitrogen and oxygen atoms in total. The molecule has 1 aliphatic rings. The fourth-order valence-corrected chi connectivity index (χ4v) is 2.56. The van der Waals surface area contributed by atoms with Gasteiger partial charge in [0.15, 0.2) is 5.82 Å². The van der Waals surface area contributed by atoms with Crippen molar-refractivity contribution in [2.24, 2.45) is 0 Å². The molecule has 1 aliphatic carbocycles. The van der Waals surface area contributed by atoms with Crippen molar-refractivity contribution in [2.75, 3.05) is 5.32 Å². The van der Waals surface area contributed by atoms with E-state index in [2.05, 4.69) is 10.3 Å². The molecule has 5 heteroatoms. The zero-order valence-electron chi connectivity index (χ0n) is 11.1. The van der Waals surface area contributed by atoms with Crippen LogP contribution in [0, 0.1) is 5.82 Å². The lowest BCUT2D eigenvalue weighted by molar-refractivity contribution is 0.599. The van der Waals surface area contributed by atoms with Crippen LogP contribution in [-0.4, -0.2) is 15.6 Å². The summed E-state index contributed by atoms with van der Waals surface area (Å²) in [5.41, 5.74) is -0.0997. The first-order chi connectivity index (χ1) is 9.74. The van der Waals surface area contributed by atoms with Crippen molar-refractivity contribution in [1.82, 2.24) is 9.55 Å². The fourth-order valence-electron chi connectivity index (χ4n) is 2.56. The Labute approximate surface area is 116 Å². The van der Waals surface area contributed by atoms with Crippen LogP contribution in [0.1, 0.15) is 25.7 Å². The zero-order chi connectivity index (χ0) is 13.9. The molecule has 1 N–H and O–H groups in total. The fraction of sp³-hybridized carbons (Fsp3) is 0.333. The highest BCUT2D eigenvalue weighted by Crippen LogP contribution is 2.21. The summed E-state index contributed by atoms with van der Waals surface area (Å²) in [4.78, 5) is 16.0. The number of hydrogen-bond donors (Lipinski definition) is 1. The van der Waals surface area contributed by atoms with E-state index in [0.29, 0.717) is 11.7 Å². The SMILES string of the molecule is O=c1c(F)cccn1-c1ccc(NC2CCCC2)nc1. The monoisotopic (exact) mass is 273 g/mol. The smallest absolute Gasteiger partial charge is 0.291 e. The van der Waals surface area contributed by atoms with Gasteiger partial charge in [-0.05, 0) is 37.1 Å². The first-order valence-electron chi connectivity index (χ1n) is 6.84. The molecule has 2 aromatic rings. The van der Waals surface area contributed by atoms with Crippen molar-refractivity contribution in [3.05, 3.63) is 52.8 Å². The van der Waals surface area contributed by atoms with Crippen LogP contribution in [0.25, 0.3) is 5.69 Å². The van der Waals surface area contributed by atoms with Crippen LogP contribution in [-0.2, 0) is 0 Å². The molecule has 0 aliphatic heterocycles. The molecule has 20 heavy (non-hydrogen) atoms. The Morgan fingerprint density at radius 1 is 1.25 bits per heavy atom. The zero-order valence-corrected chi connectivity index (χ0v) is 11.1. The van der Waals surface area contributed by atoms with E-state index >= 15 is 0 Å². The van der Waals surface area contributed by atoms with Gasteiger partial charge in [-0.3, -0.25) is 9.36 Å². The summed E-state index contributed by atoms with van der Waals surface area (Å²) in [5.74, 6) is 0.0331. The maximum Gasteiger partial charge on any atom is 0.291 e. The van der Waals surface area contributed by atoms with Crippen molar-refractivity contribution in [1.29, 1.82) is 0 Å². The number of anilines is 1. The van der Waals surface area contributed by atoms with E-state index in [4.69, 9.17) is 0 Å². The summed E-state index contributed by atoms with van der Waals surface area (Å²) >= 11 is 0. The van der Waals surface area contributed by atoms with E-state index in [0.717, 1.165) is 11.9 Å². The molecule has 0 amide bonds. The lowest BCUT2D eigenvalue weighted by Crippen LogP contribution is -2.20. The maximum atomic E-state index is 13.2. The van der Waals surface area contributed by atoms with Crippen LogP contribution in [0.3, 0.4) is 0 Å². The molecule has 1 saturated carbocycles. The number of halogens is 1. The van der Waals surface area contributed by atoms with E-state index in [1.165, 1.54) is 42.5 Å². The number of nitrogens with one attached hydrogen (secondary N) is 1. The molecule has 1 fully saturated rings. The van der Waals surface area contributed by atoms with Gasteiger partial charge >= 0.3 is 0 Å². The Kier molecular flexibility index (Phi) is 3.50. The molecule has 0 radical (unpaired) electrons. The number of hydrogen-bond acceptors (Lipinski definition) is 3. The predicted octanol–water partition coefficient (Wildman–Crippen LogP) is 2.73. The summed E-state index contributed by atoms with van der Waals surface area (Å²) in [7, 11) is 0. The molecule has 0 bridgehead atoms. The summed E-state index contributed by atoms with van der Waals surface area (Å²) in [6, 6.07) is 6.74. The number of pyridine rings is 2. The van der Waals surface area contributed by atoms with Crippen LogP contribution in [0.2, 0.25) is 0 Å². The minimum Gasteiger partial charge on any atom is -0.367 e. The van der Waals surface area contributed by atoms with Gasteiger partial charge in [0.2, 0.25) is 0 Å². The van der Waals surface area contributed by atoms with Crippen LogP contribution < -0.4 is 10.9 Å². The van der Waals surface area contributed by atoms with Gasteiger partial charge in [-0.15, -0.1) is 0 Å². The molecular weight excluding hydrogens is 257 g/mol. The highest BCUT2D eigenvalue weighted by Gasteiger charge is 2.14. The first kappa shape index (κ1) is 12.8. The largest absolute Gasteiger partial charge is 0.367 e. The van der Waals surface area contributed by atoms with Crippen molar-refractivity contribution < 1.29 is 4.39 Å². The molecule has 104 valence electrons. The van der Waals surface area contributed by atoms with Gasteiger partial charge in [-0.2, -0.15) is 0 Å². The summed E-state index contributed by atoms with van der Waals surface area (Å²) in [5, 5.41) is 3.37. The third kappa shape index (κ3) is 2.57. The second-order valence-electron chi connectivity index (χ2n) is 5.06. The van der Waals surface area contributed by atoms with Gasteiger partial charge in [0.25, 0.3) is 5.56 Å². The average Bonchev–Trinajstić information content (AvgIpc) is 2.96. The van der Waals surface area contributed by atoms with Gasteiger partial charge in [-0.25, -0.2) is 9.37 Å². The second-order valence-corrected chi connectivity index (χ2v) is 5.06. The molecule has 2 aromatic heterocycles. The Bertz CT molecular complexity index is 645. The molecule has 0 unspecified atom stereocenters. The van der Waals surface area contributed by atoms with Gasteiger partial charge in [0, 0.05) is 12.2 Å². The normalized spacial score (nSPS) is 15.4. The minimum absolute atomic E-state index is 0.491.